The Morgan fingerprint density at radius 3 is 2.62 bits per heavy atom. The van der Waals surface area contributed by atoms with Gasteiger partial charge in [0, 0.05) is 13.2 Å². The maximum Gasteiger partial charge on any atom is 0.123 e. The van der Waals surface area contributed by atoms with E-state index in [-0.39, 0.29) is 12.4 Å². The molecule has 16 heavy (non-hydrogen) atoms. The first-order valence-electron chi connectivity index (χ1n) is 5.46. The van der Waals surface area contributed by atoms with Gasteiger partial charge in [-0.25, -0.2) is 4.39 Å². The molecule has 1 rings (SSSR count). The van der Waals surface area contributed by atoms with Gasteiger partial charge in [-0.2, -0.15) is 0 Å². The molecule has 90 valence electrons. The molecule has 0 radical (unpaired) electrons. The summed E-state index contributed by atoms with van der Waals surface area (Å²) >= 11 is 0. The Hall–Kier alpha value is -0.970. The van der Waals surface area contributed by atoms with E-state index >= 15 is 0 Å². The van der Waals surface area contributed by atoms with E-state index in [2.05, 4.69) is 5.32 Å². The smallest absolute Gasteiger partial charge is 0.123 e. The van der Waals surface area contributed by atoms with E-state index in [0.717, 1.165) is 25.1 Å². The highest BCUT2D eigenvalue weighted by Gasteiger charge is 1.93. The Morgan fingerprint density at radius 2 is 1.94 bits per heavy atom. The summed E-state index contributed by atoms with van der Waals surface area (Å²) in [6.45, 7) is 2.71. The van der Waals surface area contributed by atoms with Crippen LogP contribution in [0.5, 0.6) is 0 Å². The van der Waals surface area contributed by atoms with Crippen LogP contribution in [-0.4, -0.2) is 31.5 Å². The molecule has 1 aromatic rings. The lowest BCUT2D eigenvalue weighted by molar-refractivity contribution is 0.0907. The van der Waals surface area contributed by atoms with Crippen LogP contribution in [0.3, 0.4) is 0 Å². The first-order chi connectivity index (χ1) is 7.83. The largest absolute Gasteiger partial charge is 0.394 e. The summed E-state index contributed by atoms with van der Waals surface area (Å²) in [5, 5.41) is 11.7. The third kappa shape index (κ3) is 5.80. The molecule has 2 N–H and O–H groups in total. The van der Waals surface area contributed by atoms with E-state index in [9.17, 15) is 4.39 Å². The topological polar surface area (TPSA) is 41.5 Å². The van der Waals surface area contributed by atoms with Crippen molar-refractivity contribution in [3.8, 4) is 0 Å². The summed E-state index contributed by atoms with van der Waals surface area (Å²) in [4.78, 5) is 0. The Morgan fingerprint density at radius 1 is 1.19 bits per heavy atom. The van der Waals surface area contributed by atoms with Crippen molar-refractivity contribution >= 4 is 0 Å². The van der Waals surface area contributed by atoms with Gasteiger partial charge in [0.1, 0.15) is 5.82 Å². The average molecular weight is 227 g/mol. The molecule has 0 unspecified atom stereocenters. The monoisotopic (exact) mass is 227 g/mol. The summed E-state index contributed by atoms with van der Waals surface area (Å²) in [7, 11) is 0. The quantitative estimate of drug-likeness (QED) is 0.658. The highest BCUT2D eigenvalue weighted by Crippen LogP contribution is 2.01. The fourth-order valence-corrected chi connectivity index (χ4v) is 1.30. The van der Waals surface area contributed by atoms with E-state index < -0.39 is 0 Å². The number of nitrogens with one attached hydrogen (secondary N) is 1. The average Bonchev–Trinajstić information content (AvgIpc) is 2.30. The molecule has 0 bridgehead atoms. The first-order valence-corrected chi connectivity index (χ1v) is 5.46. The number of rotatable bonds is 8. The van der Waals surface area contributed by atoms with Gasteiger partial charge in [0.15, 0.2) is 0 Å². The highest BCUT2D eigenvalue weighted by atomic mass is 19.1. The third-order valence-electron chi connectivity index (χ3n) is 2.12. The van der Waals surface area contributed by atoms with Gasteiger partial charge in [-0.05, 0) is 30.7 Å². The van der Waals surface area contributed by atoms with Crippen LogP contribution in [0.15, 0.2) is 24.3 Å². The van der Waals surface area contributed by atoms with E-state index in [0.29, 0.717) is 13.2 Å². The lowest BCUT2D eigenvalue weighted by Crippen LogP contribution is -2.16. The van der Waals surface area contributed by atoms with Gasteiger partial charge >= 0.3 is 0 Å². The van der Waals surface area contributed by atoms with E-state index in [1.807, 2.05) is 0 Å². The van der Waals surface area contributed by atoms with E-state index in [1.165, 1.54) is 12.1 Å². The lowest BCUT2D eigenvalue weighted by atomic mass is 10.2. The van der Waals surface area contributed by atoms with Crippen LogP contribution in [-0.2, 0) is 11.3 Å². The van der Waals surface area contributed by atoms with Crippen molar-refractivity contribution in [2.45, 2.75) is 13.0 Å². The fourth-order valence-electron chi connectivity index (χ4n) is 1.30. The zero-order valence-electron chi connectivity index (χ0n) is 9.29. The molecule has 3 nitrogen and oxygen atoms in total. The van der Waals surface area contributed by atoms with Gasteiger partial charge in [0.2, 0.25) is 0 Å². The lowest BCUT2D eigenvalue weighted by Gasteiger charge is -2.05. The Kier molecular flexibility index (Phi) is 6.72. The zero-order valence-corrected chi connectivity index (χ0v) is 9.29. The van der Waals surface area contributed by atoms with Crippen LogP contribution in [0.1, 0.15) is 12.0 Å². The number of aliphatic hydroxyl groups excluding tert-OH is 1. The molecule has 1 aromatic carbocycles. The summed E-state index contributed by atoms with van der Waals surface area (Å²) in [6, 6.07) is 6.46. The van der Waals surface area contributed by atoms with Gasteiger partial charge in [0.05, 0.1) is 13.2 Å². The molecular weight excluding hydrogens is 209 g/mol. The summed E-state index contributed by atoms with van der Waals surface area (Å²) in [6.07, 6.45) is 0.904. The molecule has 0 fully saturated rings. The van der Waals surface area contributed by atoms with Crippen molar-refractivity contribution in [3.63, 3.8) is 0 Å². The number of ether oxygens (including phenoxy) is 1. The second-order valence-corrected chi connectivity index (χ2v) is 3.49. The van der Waals surface area contributed by atoms with Crippen molar-refractivity contribution in [2.75, 3.05) is 26.4 Å². The standard InChI is InChI=1S/C12H18FNO2/c13-12-4-2-11(3-5-12)10-14-6-1-8-16-9-7-15/h2-5,14-15H,1,6-10H2. The maximum atomic E-state index is 12.6. The number of benzene rings is 1. The highest BCUT2D eigenvalue weighted by molar-refractivity contribution is 5.15. The molecule has 0 spiro atoms. The Labute approximate surface area is 95.2 Å². The van der Waals surface area contributed by atoms with Crippen molar-refractivity contribution in [2.24, 2.45) is 0 Å². The number of aliphatic hydroxyl groups is 1. The predicted molar refractivity (Wildman–Crippen MR) is 60.6 cm³/mol. The van der Waals surface area contributed by atoms with Crippen LogP contribution in [0.25, 0.3) is 0 Å². The third-order valence-corrected chi connectivity index (χ3v) is 2.12. The number of hydrogen-bond acceptors (Lipinski definition) is 3. The minimum absolute atomic E-state index is 0.0724. The minimum atomic E-state index is -0.207. The minimum Gasteiger partial charge on any atom is -0.394 e. The zero-order chi connectivity index (χ0) is 11.6. The molecular formula is C12H18FNO2. The molecule has 4 heteroatoms. The predicted octanol–water partition coefficient (Wildman–Crippen LogP) is 1.31. The van der Waals surface area contributed by atoms with Gasteiger partial charge < -0.3 is 15.2 Å². The summed E-state index contributed by atoms with van der Waals surface area (Å²) in [5.74, 6) is -0.207. The van der Waals surface area contributed by atoms with Crippen molar-refractivity contribution in [1.82, 2.24) is 5.32 Å². The molecule has 0 amide bonds. The SMILES string of the molecule is OCCOCCCNCc1ccc(F)cc1. The Bertz CT molecular complexity index is 277. The number of hydrogen-bond donors (Lipinski definition) is 2. The van der Waals surface area contributed by atoms with Crippen LogP contribution in [0.4, 0.5) is 4.39 Å². The van der Waals surface area contributed by atoms with Crippen LogP contribution in [0.2, 0.25) is 0 Å². The molecule has 0 heterocycles. The number of halogens is 1. The molecule has 0 saturated heterocycles. The van der Waals surface area contributed by atoms with Gasteiger partial charge in [-0.3, -0.25) is 0 Å². The van der Waals surface area contributed by atoms with E-state index in [4.69, 9.17) is 9.84 Å². The second-order valence-electron chi connectivity index (χ2n) is 3.49. The van der Waals surface area contributed by atoms with Crippen molar-refractivity contribution in [3.05, 3.63) is 35.6 Å². The van der Waals surface area contributed by atoms with Crippen LogP contribution < -0.4 is 5.32 Å². The molecule has 0 atom stereocenters. The van der Waals surface area contributed by atoms with E-state index in [1.54, 1.807) is 12.1 Å². The van der Waals surface area contributed by atoms with Gasteiger partial charge in [0.25, 0.3) is 0 Å². The van der Waals surface area contributed by atoms with Gasteiger partial charge in [-0.15, -0.1) is 0 Å². The molecule has 0 saturated carbocycles. The molecule has 0 aliphatic heterocycles. The first kappa shape index (κ1) is 13.1. The summed E-state index contributed by atoms with van der Waals surface area (Å²) < 4.78 is 17.7. The molecule has 0 aliphatic carbocycles. The van der Waals surface area contributed by atoms with Crippen LogP contribution in [0, 0.1) is 5.82 Å². The van der Waals surface area contributed by atoms with Crippen molar-refractivity contribution in [1.29, 1.82) is 0 Å². The fraction of sp³-hybridized carbons (Fsp3) is 0.500. The van der Waals surface area contributed by atoms with Crippen LogP contribution >= 0.6 is 0 Å². The summed E-state index contributed by atoms with van der Waals surface area (Å²) in [5.41, 5.74) is 1.07. The normalized spacial score (nSPS) is 10.6. The molecule has 0 aliphatic rings. The molecule has 0 aromatic heterocycles. The second kappa shape index (κ2) is 8.21. The maximum absolute atomic E-state index is 12.6. The van der Waals surface area contributed by atoms with Crippen molar-refractivity contribution < 1.29 is 14.2 Å². The Balaban J connectivity index is 2.01. The van der Waals surface area contributed by atoms with Gasteiger partial charge in [-0.1, -0.05) is 12.1 Å².